The monoisotopic (exact) mass is 237 g/mol. The van der Waals surface area contributed by atoms with Gasteiger partial charge in [-0.2, -0.15) is 0 Å². The molecule has 0 aliphatic heterocycles. The third kappa shape index (κ3) is 5.11. The van der Waals surface area contributed by atoms with Crippen molar-refractivity contribution >= 4 is 6.08 Å². The molecule has 0 fully saturated rings. The van der Waals surface area contributed by atoms with E-state index >= 15 is 0 Å². The number of halogens is 1. The summed E-state index contributed by atoms with van der Waals surface area (Å²) in [4.78, 5) is 0. The zero-order chi connectivity index (χ0) is 12.7. The molecule has 2 nitrogen and oxygen atoms in total. The maximum absolute atomic E-state index is 13.5. The van der Waals surface area contributed by atoms with E-state index in [1.54, 1.807) is 13.2 Å². The van der Waals surface area contributed by atoms with E-state index in [9.17, 15) is 4.39 Å². The topological polar surface area (TPSA) is 21.3 Å². The maximum Gasteiger partial charge on any atom is 0.130 e. The zero-order valence-corrected chi connectivity index (χ0v) is 10.7. The van der Waals surface area contributed by atoms with Gasteiger partial charge in [-0.05, 0) is 26.0 Å². The van der Waals surface area contributed by atoms with Gasteiger partial charge >= 0.3 is 0 Å². The Kier molecular flexibility index (Phi) is 5.87. The fourth-order valence-corrected chi connectivity index (χ4v) is 1.55. The highest BCUT2D eigenvalue weighted by Gasteiger charge is 1.99. The van der Waals surface area contributed by atoms with E-state index in [0.29, 0.717) is 12.2 Å². The average Bonchev–Trinajstić information content (AvgIpc) is 2.29. The number of hydrogen-bond donors (Lipinski definition) is 1. The first kappa shape index (κ1) is 13.9. The van der Waals surface area contributed by atoms with Crippen molar-refractivity contribution in [2.45, 2.75) is 13.8 Å². The Morgan fingerprint density at radius 2 is 2.24 bits per heavy atom. The number of hydrogen-bond acceptors (Lipinski definition) is 2. The number of ether oxygens (including phenoxy) is 1. The zero-order valence-electron chi connectivity index (χ0n) is 10.7. The minimum Gasteiger partial charge on any atom is -0.383 e. The molecule has 94 valence electrons. The van der Waals surface area contributed by atoms with Gasteiger partial charge < -0.3 is 10.1 Å². The van der Waals surface area contributed by atoms with Gasteiger partial charge in [-0.1, -0.05) is 23.3 Å². The lowest BCUT2D eigenvalue weighted by Crippen LogP contribution is -2.20. The van der Waals surface area contributed by atoms with Gasteiger partial charge in [0.15, 0.2) is 0 Å². The van der Waals surface area contributed by atoms with Crippen molar-refractivity contribution in [3.05, 3.63) is 40.7 Å². The summed E-state index contributed by atoms with van der Waals surface area (Å²) in [5.41, 5.74) is 2.82. The minimum atomic E-state index is -0.174. The van der Waals surface area contributed by atoms with E-state index in [-0.39, 0.29) is 5.82 Å². The standard InChI is InChI=1S/C14H20FNO/c1-11-4-5-14(15)13(8-11)9-12(2)10-16-6-7-17-3/h4-5,8-9,16H,6-7,10H2,1-3H3/b12-9+. The largest absolute Gasteiger partial charge is 0.383 e. The lowest BCUT2D eigenvalue weighted by Gasteiger charge is -2.05. The van der Waals surface area contributed by atoms with Gasteiger partial charge in [0.25, 0.3) is 0 Å². The Balaban J connectivity index is 2.57. The van der Waals surface area contributed by atoms with E-state index in [2.05, 4.69) is 5.32 Å². The molecule has 0 aromatic heterocycles. The molecule has 0 spiro atoms. The van der Waals surface area contributed by atoms with Crippen LogP contribution < -0.4 is 5.32 Å². The lowest BCUT2D eigenvalue weighted by atomic mass is 10.1. The van der Waals surface area contributed by atoms with Crippen LogP contribution in [0.4, 0.5) is 4.39 Å². The van der Waals surface area contributed by atoms with E-state index in [1.807, 2.05) is 26.0 Å². The van der Waals surface area contributed by atoms with Gasteiger partial charge in [-0.3, -0.25) is 0 Å². The fourth-order valence-electron chi connectivity index (χ4n) is 1.55. The van der Waals surface area contributed by atoms with Crippen molar-refractivity contribution in [1.82, 2.24) is 5.32 Å². The molecule has 0 saturated carbocycles. The van der Waals surface area contributed by atoms with Crippen LogP contribution in [0.2, 0.25) is 0 Å². The van der Waals surface area contributed by atoms with E-state index < -0.39 is 0 Å². The Bertz CT molecular complexity index is 388. The first-order chi connectivity index (χ1) is 8.13. The van der Waals surface area contributed by atoms with Gasteiger partial charge in [0.2, 0.25) is 0 Å². The molecular weight excluding hydrogens is 217 g/mol. The van der Waals surface area contributed by atoms with Crippen LogP contribution in [0.3, 0.4) is 0 Å². The Morgan fingerprint density at radius 3 is 2.94 bits per heavy atom. The minimum absolute atomic E-state index is 0.174. The number of methoxy groups -OCH3 is 1. The Morgan fingerprint density at radius 1 is 1.47 bits per heavy atom. The second kappa shape index (κ2) is 7.20. The molecule has 1 aromatic rings. The number of aryl methyl sites for hydroxylation is 1. The third-order valence-electron chi connectivity index (χ3n) is 2.44. The van der Waals surface area contributed by atoms with Crippen LogP contribution in [-0.4, -0.2) is 26.8 Å². The summed E-state index contributed by atoms with van der Waals surface area (Å²) in [6.45, 7) is 6.19. The van der Waals surface area contributed by atoms with Crippen molar-refractivity contribution in [3.63, 3.8) is 0 Å². The van der Waals surface area contributed by atoms with Crippen molar-refractivity contribution < 1.29 is 9.13 Å². The van der Waals surface area contributed by atoms with Crippen LogP contribution in [0.25, 0.3) is 6.08 Å². The molecular formula is C14H20FNO. The summed E-state index contributed by atoms with van der Waals surface area (Å²) in [7, 11) is 1.67. The van der Waals surface area contributed by atoms with Crippen LogP contribution in [0.15, 0.2) is 23.8 Å². The van der Waals surface area contributed by atoms with Crippen LogP contribution in [-0.2, 0) is 4.74 Å². The summed E-state index contributed by atoms with van der Waals surface area (Å²) < 4.78 is 18.4. The van der Waals surface area contributed by atoms with Crippen molar-refractivity contribution in [2.24, 2.45) is 0 Å². The number of benzene rings is 1. The molecule has 0 bridgehead atoms. The Labute approximate surface area is 102 Å². The van der Waals surface area contributed by atoms with Crippen LogP contribution in [0.1, 0.15) is 18.1 Å². The SMILES string of the molecule is COCCNC/C(C)=C/c1cc(C)ccc1F. The van der Waals surface area contributed by atoms with Crippen molar-refractivity contribution in [3.8, 4) is 0 Å². The van der Waals surface area contributed by atoms with Gasteiger partial charge in [-0.15, -0.1) is 0 Å². The highest BCUT2D eigenvalue weighted by Crippen LogP contribution is 2.13. The van der Waals surface area contributed by atoms with Crippen LogP contribution in [0.5, 0.6) is 0 Å². The van der Waals surface area contributed by atoms with Crippen LogP contribution in [0, 0.1) is 12.7 Å². The fraction of sp³-hybridized carbons (Fsp3) is 0.429. The summed E-state index contributed by atoms with van der Waals surface area (Å²) >= 11 is 0. The predicted molar refractivity (Wildman–Crippen MR) is 69.5 cm³/mol. The summed E-state index contributed by atoms with van der Waals surface area (Å²) in [6, 6.07) is 5.14. The third-order valence-corrected chi connectivity index (χ3v) is 2.44. The van der Waals surface area contributed by atoms with Crippen LogP contribution >= 0.6 is 0 Å². The van der Waals surface area contributed by atoms with Gasteiger partial charge in [0.05, 0.1) is 6.61 Å². The molecule has 1 aromatic carbocycles. The molecule has 17 heavy (non-hydrogen) atoms. The predicted octanol–water partition coefficient (Wildman–Crippen LogP) is 2.77. The highest BCUT2D eigenvalue weighted by molar-refractivity contribution is 5.54. The smallest absolute Gasteiger partial charge is 0.130 e. The van der Waals surface area contributed by atoms with E-state index in [0.717, 1.165) is 24.2 Å². The molecule has 0 heterocycles. The molecule has 0 radical (unpaired) electrons. The highest BCUT2D eigenvalue weighted by atomic mass is 19.1. The molecule has 1 rings (SSSR count). The number of rotatable bonds is 6. The number of nitrogens with one attached hydrogen (secondary N) is 1. The molecule has 0 aliphatic carbocycles. The molecule has 3 heteroatoms. The Hall–Kier alpha value is -1.19. The van der Waals surface area contributed by atoms with Gasteiger partial charge in [0.1, 0.15) is 5.82 Å². The first-order valence-corrected chi connectivity index (χ1v) is 5.76. The second-order valence-corrected chi connectivity index (χ2v) is 4.19. The molecule has 0 amide bonds. The molecule has 0 saturated heterocycles. The summed E-state index contributed by atoms with van der Waals surface area (Å²) in [5, 5.41) is 3.22. The van der Waals surface area contributed by atoms with Crippen molar-refractivity contribution in [1.29, 1.82) is 0 Å². The second-order valence-electron chi connectivity index (χ2n) is 4.19. The maximum atomic E-state index is 13.5. The first-order valence-electron chi connectivity index (χ1n) is 5.76. The summed E-state index contributed by atoms with van der Waals surface area (Å²) in [5.74, 6) is -0.174. The molecule has 0 aliphatic rings. The summed E-state index contributed by atoms with van der Waals surface area (Å²) in [6.07, 6.45) is 1.88. The van der Waals surface area contributed by atoms with E-state index in [1.165, 1.54) is 6.07 Å². The molecule has 0 unspecified atom stereocenters. The van der Waals surface area contributed by atoms with E-state index in [4.69, 9.17) is 4.74 Å². The molecule has 1 N–H and O–H groups in total. The van der Waals surface area contributed by atoms with Gasteiger partial charge in [-0.25, -0.2) is 4.39 Å². The van der Waals surface area contributed by atoms with Gasteiger partial charge in [0, 0.05) is 25.8 Å². The normalized spacial score (nSPS) is 11.9. The van der Waals surface area contributed by atoms with Crippen molar-refractivity contribution in [2.75, 3.05) is 26.8 Å². The molecule has 0 atom stereocenters. The average molecular weight is 237 g/mol. The quantitative estimate of drug-likeness (QED) is 0.768. The lowest BCUT2D eigenvalue weighted by molar-refractivity contribution is 0.200.